The Morgan fingerprint density at radius 1 is 0.947 bits per heavy atom. The third-order valence-corrected chi connectivity index (χ3v) is 13.5. The number of amides is 1. The van der Waals surface area contributed by atoms with E-state index < -0.39 is 6.04 Å². The van der Waals surface area contributed by atoms with E-state index in [0.29, 0.717) is 44.5 Å². The van der Waals surface area contributed by atoms with Crippen LogP contribution in [-0.2, 0) is 9.53 Å². The second-order valence-corrected chi connectivity index (χ2v) is 18.0. The van der Waals surface area contributed by atoms with E-state index in [1.165, 1.54) is 69.8 Å². The number of benzene rings is 1. The summed E-state index contributed by atoms with van der Waals surface area (Å²) in [5, 5.41) is 2.85. The van der Waals surface area contributed by atoms with Gasteiger partial charge in [-0.15, -0.1) is 0 Å². The fraction of sp³-hybridized carbons (Fsp3) is 0.717. The van der Waals surface area contributed by atoms with Crippen molar-refractivity contribution in [1.82, 2.24) is 5.32 Å². The van der Waals surface area contributed by atoms with E-state index in [1.807, 2.05) is 12.1 Å². The van der Waals surface area contributed by atoms with Crippen molar-refractivity contribution in [2.75, 3.05) is 19.6 Å². The number of allylic oxidation sites excluding steroid dienone is 1. The highest BCUT2D eigenvalue weighted by atomic mass is 16.5. The van der Waals surface area contributed by atoms with Crippen LogP contribution in [0.1, 0.15) is 153 Å². The zero-order valence-corrected chi connectivity index (χ0v) is 35.9. The standard InChI is InChI=1S/C46H76N8O3/c1-6-34(32(4)12-9-11-31(2)3)20-21-35-13-10-14-40-39(35)23-22-37-29-38(24-25-46(37,40)5)57-43(56)36-18-16-33(17-19-36)30-51-27-28-52-42(55)41(54-45(49)50)15-7-8-26-53-44(47)48/h16-19,22,30-32,34-35,38-41H,6-15,20-21,23-29H2,1-5H3,(H,52,55)(H4,47,48,53)(H4,49,50,54). The van der Waals surface area contributed by atoms with Crippen molar-refractivity contribution in [3.05, 3.63) is 47.0 Å². The summed E-state index contributed by atoms with van der Waals surface area (Å²) in [7, 11) is 0. The van der Waals surface area contributed by atoms with Gasteiger partial charge in [0.15, 0.2) is 11.9 Å². The summed E-state index contributed by atoms with van der Waals surface area (Å²) in [5.74, 6) is 4.27. The van der Waals surface area contributed by atoms with E-state index in [4.69, 9.17) is 27.7 Å². The average Bonchev–Trinajstić information content (AvgIpc) is 3.17. The minimum atomic E-state index is -0.688. The Kier molecular flexibility index (Phi) is 18.4. The maximum Gasteiger partial charge on any atom is 0.338 e. The number of fused-ring (bicyclic) bond motifs is 3. The molecule has 8 unspecified atom stereocenters. The molecule has 4 rings (SSSR count). The Balaban J connectivity index is 1.22. The predicted octanol–water partition coefficient (Wildman–Crippen LogP) is 7.65. The smallest absolute Gasteiger partial charge is 0.338 e. The molecule has 3 aliphatic carbocycles. The lowest BCUT2D eigenvalue weighted by atomic mass is 9.51. The lowest BCUT2D eigenvalue weighted by Gasteiger charge is -2.54. The lowest BCUT2D eigenvalue weighted by molar-refractivity contribution is -0.122. The van der Waals surface area contributed by atoms with Crippen LogP contribution in [0.2, 0.25) is 0 Å². The maximum absolute atomic E-state index is 13.3. The molecule has 0 bridgehead atoms. The molecule has 0 spiro atoms. The number of hydrogen-bond donors (Lipinski definition) is 5. The third kappa shape index (κ3) is 14.2. The molecule has 318 valence electrons. The van der Waals surface area contributed by atoms with Crippen LogP contribution in [0, 0.1) is 40.9 Å². The summed E-state index contributed by atoms with van der Waals surface area (Å²) in [4.78, 5) is 38.4. The van der Waals surface area contributed by atoms with E-state index in [-0.39, 0.29) is 35.3 Å². The van der Waals surface area contributed by atoms with Crippen LogP contribution in [0.3, 0.4) is 0 Å². The van der Waals surface area contributed by atoms with E-state index in [2.05, 4.69) is 61.0 Å². The number of unbranched alkanes of at least 4 members (excludes halogenated alkanes) is 1. The summed E-state index contributed by atoms with van der Waals surface area (Å²) in [6.45, 7) is 13.3. The van der Waals surface area contributed by atoms with Crippen LogP contribution in [0.4, 0.5) is 0 Å². The fourth-order valence-electron chi connectivity index (χ4n) is 10.1. The molecule has 9 N–H and O–H groups in total. The molecule has 0 aromatic heterocycles. The Morgan fingerprint density at radius 2 is 1.72 bits per heavy atom. The number of carbonyl (C=O) groups is 2. The minimum absolute atomic E-state index is 0.0415. The highest BCUT2D eigenvalue weighted by Gasteiger charge is 2.50. The normalized spacial score (nSPS) is 24.7. The molecule has 2 saturated carbocycles. The largest absolute Gasteiger partial charge is 0.458 e. The van der Waals surface area contributed by atoms with Crippen LogP contribution in [0.25, 0.3) is 0 Å². The Morgan fingerprint density at radius 3 is 2.42 bits per heavy atom. The number of guanidine groups is 2. The summed E-state index contributed by atoms with van der Waals surface area (Å²) in [6, 6.07) is 6.65. The average molecular weight is 789 g/mol. The van der Waals surface area contributed by atoms with E-state index in [9.17, 15) is 9.59 Å². The first kappa shape index (κ1) is 45.8. The third-order valence-electron chi connectivity index (χ3n) is 13.5. The molecule has 2 fully saturated rings. The van der Waals surface area contributed by atoms with Crippen LogP contribution < -0.4 is 28.3 Å². The number of ether oxygens (including phenoxy) is 1. The number of nitrogens with zero attached hydrogens (tertiary/aromatic N) is 3. The summed E-state index contributed by atoms with van der Waals surface area (Å²) in [5.41, 5.74) is 25.0. The number of nitrogens with two attached hydrogens (primary N) is 4. The van der Waals surface area contributed by atoms with Gasteiger partial charge in [-0.1, -0.05) is 96.9 Å². The van der Waals surface area contributed by atoms with Gasteiger partial charge < -0.3 is 33.0 Å². The van der Waals surface area contributed by atoms with Crippen LogP contribution in [-0.4, -0.2) is 61.8 Å². The first-order chi connectivity index (χ1) is 27.3. The summed E-state index contributed by atoms with van der Waals surface area (Å²) in [6.07, 6.45) is 22.4. The minimum Gasteiger partial charge on any atom is -0.458 e. The van der Waals surface area contributed by atoms with Crippen molar-refractivity contribution < 1.29 is 14.3 Å². The zero-order valence-electron chi connectivity index (χ0n) is 35.9. The van der Waals surface area contributed by atoms with Gasteiger partial charge in [-0.2, -0.15) is 0 Å². The number of esters is 1. The second kappa shape index (κ2) is 22.9. The van der Waals surface area contributed by atoms with Gasteiger partial charge in [0.1, 0.15) is 12.1 Å². The monoisotopic (exact) mass is 789 g/mol. The van der Waals surface area contributed by atoms with Crippen LogP contribution in [0.5, 0.6) is 0 Å². The Bertz CT molecular complexity index is 1530. The number of rotatable bonds is 22. The van der Waals surface area contributed by atoms with Gasteiger partial charge in [-0.25, -0.2) is 9.79 Å². The maximum atomic E-state index is 13.3. The summed E-state index contributed by atoms with van der Waals surface area (Å²) >= 11 is 0. The van der Waals surface area contributed by atoms with E-state index in [0.717, 1.165) is 60.3 Å². The SMILES string of the molecule is CCC(CCC1CCCC2C1CC=C1CC(OC(=O)c3ccc(C=NCCNC(=O)C(CCCCN=C(N)N)N=C(N)N)cc3)CCC12C)C(C)CCCC(C)C. The van der Waals surface area contributed by atoms with Crippen molar-refractivity contribution >= 4 is 30.0 Å². The van der Waals surface area contributed by atoms with Crippen molar-refractivity contribution in [2.24, 2.45) is 78.8 Å². The van der Waals surface area contributed by atoms with E-state index >= 15 is 0 Å². The highest BCUT2D eigenvalue weighted by Crippen LogP contribution is 2.59. The number of hydrogen-bond acceptors (Lipinski definition) is 6. The molecular formula is C46H76N8O3. The van der Waals surface area contributed by atoms with Gasteiger partial charge >= 0.3 is 5.97 Å². The molecule has 1 amide bonds. The molecule has 11 heteroatoms. The molecule has 0 radical (unpaired) electrons. The predicted molar refractivity (Wildman–Crippen MR) is 235 cm³/mol. The summed E-state index contributed by atoms with van der Waals surface area (Å²) < 4.78 is 6.14. The van der Waals surface area contributed by atoms with Crippen LogP contribution in [0.15, 0.2) is 50.9 Å². The molecule has 3 aliphatic rings. The van der Waals surface area contributed by atoms with Crippen molar-refractivity contribution in [2.45, 2.75) is 149 Å². The molecule has 57 heavy (non-hydrogen) atoms. The number of carbonyl (C=O) groups excluding carboxylic acids is 2. The molecule has 1 aromatic rings. The first-order valence-corrected chi connectivity index (χ1v) is 22.2. The molecular weight excluding hydrogens is 713 g/mol. The zero-order chi connectivity index (χ0) is 41.4. The van der Waals surface area contributed by atoms with E-state index in [1.54, 1.807) is 18.3 Å². The van der Waals surface area contributed by atoms with Crippen molar-refractivity contribution in [3.8, 4) is 0 Å². The first-order valence-electron chi connectivity index (χ1n) is 22.2. The molecule has 0 saturated heterocycles. The number of aliphatic imine (C=N–C) groups is 3. The quantitative estimate of drug-likeness (QED) is 0.0261. The van der Waals surface area contributed by atoms with Gasteiger partial charge in [0.25, 0.3) is 0 Å². The number of nitrogens with one attached hydrogen (secondary N) is 1. The van der Waals surface area contributed by atoms with Gasteiger partial charge in [-0.05, 0) is 116 Å². The molecule has 1 aromatic carbocycles. The topological polar surface area (TPSA) is 197 Å². The Labute approximate surface area is 343 Å². The van der Waals surface area contributed by atoms with Gasteiger partial charge in [0.2, 0.25) is 5.91 Å². The van der Waals surface area contributed by atoms with Crippen molar-refractivity contribution in [3.63, 3.8) is 0 Å². The van der Waals surface area contributed by atoms with Gasteiger partial charge in [-0.3, -0.25) is 14.8 Å². The highest BCUT2D eigenvalue weighted by molar-refractivity contribution is 5.91. The molecule has 11 nitrogen and oxygen atoms in total. The van der Waals surface area contributed by atoms with Gasteiger partial charge in [0.05, 0.1) is 12.1 Å². The fourth-order valence-corrected chi connectivity index (χ4v) is 10.1. The Hall–Kier alpha value is -3.89. The molecule has 0 aliphatic heterocycles. The lowest BCUT2D eigenvalue weighted by Crippen LogP contribution is -2.46. The van der Waals surface area contributed by atoms with Crippen molar-refractivity contribution in [1.29, 1.82) is 0 Å². The molecule has 8 atom stereocenters. The van der Waals surface area contributed by atoms with Crippen LogP contribution >= 0.6 is 0 Å². The second-order valence-electron chi connectivity index (χ2n) is 18.0. The van der Waals surface area contributed by atoms with Gasteiger partial charge in [0, 0.05) is 25.7 Å². The molecule has 0 heterocycles.